The topological polar surface area (TPSA) is 68.8 Å². The number of rotatable bonds is 7. The number of nitrogens with one attached hydrogen (secondary N) is 1. The molecular weight excluding hydrogens is 462 g/mol. The van der Waals surface area contributed by atoms with Gasteiger partial charge in [-0.05, 0) is 41.5 Å². The maximum absolute atomic E-state index is 12.5. The lowest BCUT2D eigenvalue weighted by atomic mass is 9.96. The highest BCUT2D eigenvalue weighted by atomic mass is 35.5. The Morgan fingerprint density at radius 1 is 0.943 bits per heavy atom. The second-order valence-electron chi connectivity index (χ2n) is 8.83. The number of benzene rings is 3. The Bertz CT molecular complexity index is 1300. The van der Waals surface area contributed by atoms with Crippen molar-refractivity contribution in [3.63, 3.8) is 0 Å². The van der Waals surface area contributed by atoms with E-state index in [4.69, 9.17) is 16.3 Å². The number of halogens is 1. The molecule has 180 valence electrons. The highest BCUT2D eigenvalue weighted by molar-refractivity contribution is 6.30. The van der Waals surface area contributed by atoms with Gasteiger partial charge in [0.15, 0.2) is 0 Å². The smallest absolute Gasteiger partial charge is 0.325 e. The Morgan fingerprint density at radius 3 is 2.26 bits per heavy atom. The fraction of sp³-hybridized carbons (Fsp3) is 0.250. The van der Waals surface area contributed by atoms with Gasteiger partial charge in [-0.1, -0.05) is 54.1 Å². The van der Waals surface area contributed by atoms with Crippen LogP contribution in [-0.4, -0.2) is 59.1 Å². The predicted molar refractivity (Wildman–Crippen MR) is 138 cm³/mol. The largest absolute Gasteiger partial charge is 0.497 e. The summed E-state index contributed by atoms with van der Waals surface area (Å²) in [4.78, 5) is 20.2. The van der Waals surface area contributed by atoms with Gasteiger partial charge in [-0.15, -0.1) is 0 Å². The average molecular weight is 490 g/mol. The molecule has 5 rings (SSSR count). The third-order valence-corrected chi connectivity index (χ3v) is 7.08. The number of aromatic amines is 1. The van der Waals surface area contributed by atoms with E-state index < -0.39 is 12.0 Å². The van der Waals surface area contributed by atoms with Crippen molar-refractivity contribution in [3.8, 4) is 5.75 Å². The van der Waals surface area contributed by atoms with Crippen LogP contribution < -0.4 is 4.74 Å². The van der Waals surface area contributed by atoms with Gasteiger partial charge in [0, 0.05) is 53.9 Å². The molecule has 1 aliphatic heterocycles. The van der Waals surface area contributed by atoms with Crippen LogP contribution in [0.25, 0.3) is 10.9 Å². The van der Waals surface area contributed by atoms with Gasteiger partial charge in [-0.3, -0.25) is 14.6 Å². The van der Waals surface area contributed by atoms with Crippen LogP contribution in [0.1, 0.15) is 28.8 Å². The van der Waals surface area contributed by atoms with E-state index in [0.717, 1.165) is 29.6 Å². The van der Waals surface area contributed by atoms with E-state index in [1.54, 1.807) is 7.11 Å². The van der Waals surface area contributed by atoms with Crippen molar-refractivity contribution in [2.45, 2.75) is 12.1 Å². The maximum Gasteiger partial charge on any atom is 0.325 e. The SMILES string of the molecule is COc1ccc2[nH]cc([C@@H](C(=O)O)N3CCN([C@H](c4ccccc4)c4ccc(Cl)cc4)CC3)c2c1. The molecule has 0 saturated carbocycles. The first-order valence-corrected chi connectivity index (χ1v) is 12.1. The lowest BCUT2D eigenvalue weighted by molar-refractivity contribution is -0.144. The van der Waals surface area contributed by atoms with Gasteiger partial charge in [-0.25, -0.2) is 0 Å². The molecule has 1 aliphatic rings. The standard InChI is InChI=1S/C28H28ClN3O3/c1-35-22-11-12-25-23(17-22)24(18-30-25)27(28(33)34)32-15-13-31(14-16-32)26(19-5-3-2-4-6-19)20-7-9-21(29)10-8-20/h2-12,17-18,26-27,30H,13-16H2,1H3,(H,33,34)/t26-,27+/m1/s1. The Balaban J connectivity index is 1.40. The summed E-state index contributed by atoms with van der Waals surface area (Å²) in [6.07, 6.45) is 1.82. The Morgan fingerprint density at radius 2 is 1.60 bits per heavy atom. The zero-order valence-electron chi connectivity index (χ0n) is 19.5. The second kappa shape index (κ2) is 10.1. The average Bonchev–Trinajstić information content (AvgIpc) is 3.29. The fourth-order valence-corrected chi connectivity index (χ4v) is 5.23. The summed E-state index contributed by atoms with van der Waals surface area (Å²) in [5, 5.41) is 11.8. The van der Waals surface area contributed by atoms with Gasteiger partial charge in [-0.2, -0.15) is 0 Å². The molecular formula is C28H28ClN3O3. The summed E-state index contributed by atoms with van der Waals surface area (Å²) in [7, 11) is 1.62. The van der Waals surface area contributed by atoms with Gasteiger partial charge in [0.05, 0.1) is 13.2 Å². The Hall–Kier alpha value is -3.32. The summed E-state index contributed by atoms with van der Waals surface area (Å²) in [5.41, 5.74) is 4.05. The van der Waals surface area contributed by atoms with Crippen molar-refractivity contribution >= 4 is 28.5 Å². The number of aromatic nitrogens is 1. The first-order chi connectivity index (χ1) is 17.0. The number of ether oxygens (including phenoxy) is 1. The van der Waals surface area contributed by atoms with Crippen molar-refractivity contribution in [2.24, 2.45) is 0 Å². The number of carboxylic acid groups (broad SMARTS) is 1. The van der Waals surface area contributed by atoms with Crippen LogP contribution in [0, 0.1) is 0 Å². The van der Waals surface area contributed by atoms with E-state index in [1.807, 2.05) is 42.6 Å². The lowest BCUT2D eigenvalue weighted by Crippen LogP contribution is -2.50. The molecule has 1 aromatic heterocycles. The van der Waals surface area contributed by atoms with E-state index in [1.165, 1.54) is 11.1 Å². The van der Waals surface area contributed by atoms with Crippen LogP contribution in [-0.2, 0) is 4.79 Å². The minimum atomic E-state index is -0.848. The molecule has 0 spiro atoms. The first kappa shape index (κ1) is 23.4. The van der Waals surface area contributed by atoms with Crippen LogP contribution in [0.15, 0.2) is 79.0 Å². The van der Waals surface area contributed by atoms with E-state index in [9.17, 15) is 9.90 Å². The summed E-state index contributed by atoms with van der Waals surface area (Å²) >= 11 is 6.15. The molecule has 0 radical (unpaired) electrons. The van der Waals surface area contributed by atoms with E-state index in [0.29, 0.717) is 23.9 Å². The molecule has 0 bridgehead atoms. The molecule has 1 saturated heterocycles. The van der Waals surface area contributed by atoms with Crippen molar-refractivity contribution in [1.29, 1.82) is 0 Å². The van der Waals surface area contributed by atoms with E-state index >= 15 is 0 Å². The summed E-state index contributed by atoms with van der Waals surface area (Å²) < 4.78 is 5.37. The molecule has 7 heteroatoms. The molecule has 2 atom stereocenters. The number of aliphatic carboxylic acids is 1. The molecule has 2 heterocycles. The van der Waals surface area contributed by atoms with Crippen LogP contribution in [0.4, 0.5) is 0 Å². The van der Waals surface area contributed by atoms with Crippen LogP contribution in [0.2, 0.25) is 5.02 Å². The third kappa shape index (κ3) is 4.78. The van der Waals surface area contributed by atoms with Crippen molar-refractivity contribution in [2.75, 3.05) is 33.3 Å². The molecule has 35 heavy (non-hydrogen) atoms. The van der Waals surface area contributed by atoms with Crippen LogP contribution in [0.5, 0.6) is 5.75 Å². The lowest BCUT2D eigenvalue weighted by Gasteiger charge is -2.41. The summed E-state index contributed by atoms with van der Waals surface area (Å²) in [6, 6.07) is 23.5. The number of hydrogen-bond acceptors (Lipinski definition) is 4. The Kier molecular flexibility index (Phi) is 6.77. The maximum atomic E-state index is 12.5. The number of methoxy groups -OCH3 is 1. The number of carbonyl (C=O) groups is 1. The quantitative estimate of drug-likeness (QED) is 0.365. The highest BCUT2D eigenvalue weighted by Gasteiger charge is 2.34. The number of H-pyrrole nitrogens is 1. The van der Waals surface area contributed by atoms with Gasteiger partial charge in [0.25, 0.3) is 0 Å². The number of carboxylic acids is 1. The Labute approximate surface area is 209 Å². The summed E-state index contributed by atoms with van der Waals surface area (Å²) in [6.45, 7) is 2.78. The number of piperazine rings is 1. The third-order valence-electron chi connectivity index (χ3n) is 6.83. The van der Waals surface area contributed by atoms with Gasteiger partial charge in [0.2, 0.25) is 0 Å². The van der Waals surface area contributed by atoms with Crippen LogP contribution in [0.3, 0.4) is 0 Å². The van der Waals surface area contributed by atoms with Crippen molar-refractivity contribution in [3.05, 3.63) is 101 Å². The molecule has 0 unspecified atom stereocenters. The van der Waals surface area contributed by atoms with Gasteiger partial charge in [0.1, 0.15) is 11.8 Å². The normalized spacial score (nSPS) is 16.7. The fourth-order valence-electron chi connectivity index (χ4n) is 5.11. The minimum absolute atomic E-state index is 0.0799. The highest BCUT2D eigenvalue weighted by Crippen LogP contribution is 2.34. The molecule has 0 aliphatic carbocycles. The summed E-state index contributed by atoms with van der Waals surface area (Å²) in [5.74, 6) is -0.138. The molecule has 6 nitrogen and oxygen atoms in total. The predicted octanol–water partition coefficient (Wildman–Crippen LogP) is 5.36. The van der Waals surface area contributed by atoms with Crippen molar-refractivity contribution in [1.82, 2.24) is 14.8 Å². The molecule has 1 fully saturated rings. The molecule has 4 aromatic rings. The number of hydrogen-bond donors (Lipinski definition) is 2. The van der Waals surface area contributed by atoms with E-state index in [-0.39, 0.29) is 6.04 Å². The zero-order valence-corrected chi connectivity index (χ0v) is 20.3. The number of nitrogens with zero attached hydrogens (tertiary/aromatic N) is 2. The monoisotopic (exact) mass is 489 g/mol. The molecule has 3 aromatic carbocycles. The second-order valence-corrected chi connectivity index (χ2v) is 9.27. The molecule has 0 amide bonds. The zero-order chi connectivity index (χ0) is 24.4. The van der Waals surface area contributed by atoms with Gasteiger partial charge >= 0.3 is 5.97 Å². The molecule has 2 N–H and O–H groups in total. The first-order valence-electron chi connectivity index (χ1n) is 11.7. The van der Waals surface area contributed by atoms with Crippen LogP contribution >= 0.6 is 11.6 Å². The minimum Gasteiger partial charge on any atom is -0.497 e. The van der Waals surface area contributed by atoms with Gasteiger partial charge < -0.3 is 14.8 Å². The van der Waals surface area contributed by atoms with E-state index in [2.05, 4.69) is 51.2 Å². The number of fused-ring (bicyclic) bond motifs is 1. The van der Waals surface area contributed by atoms with Crippen molar-refractivity contribution < 1.29 is 14.6 Å².